The number of hydrogen-bond donors (Lipinski definition) is 1. The minimum Gasteiger partial charge on any atom is -0.339 e. The molecular formula is C20H23NO2. The highest BCUT2D eigenvalue weighted by molar-refractivity contribution is 5.34. The van der Waals surface area contributed by atoms with Gasteiger partial charge in [0.2, 0.25) is 5.79 Å². The summed E-state index contributed by atoms with van der Waals surface area (Å²) in [5, 5.41) is 3.60. The smallest absolute Gasteiger partial charge is 0.222 e. The normalized spacial score (nSPS) is 27.0. The summed E-state index contributed by atoms with van der Waals surface area (Å²) in [5.74, 6) is -0.785. The first-order valence-electron chi connectivity index (χ1n) is 8.55. The molecule has 0 bridgehead atoms. The lowest BCUT2D eigenvalue weighted by molar-refractivity contribution is -0.146. The average Bonchev–Trinajstić information content (AvgIpc) is 3.11. The Bertz CT molecular complexity index is 583. The van der Waals surface area contributed by atoms with E-state index in [1.54, 1.807) is 0 Å². The maximum absolute atomic E-state index is 6.58. The van der Waals surface area contributed by atoms with Gasteiger partial charge in [0.1, 0.15) is 6.10 Å². The second-order valence-electron chi connectivity index (χ2n) is 6.37. The number of rotatable bonds is 3. The summed E-state index contributed by atoms with van der Waals surface area (Å²) in [4.78, 5) is 0. The number of piperidine rings is 1. The predicted octanol–water partition coefficient (Wildman–Crippen LogP) is 3.45. The molecular weight excluding hydrogens is 286 g/mol. The van der Waals surface area contributed by atoms with E-state index in [0.29, 0.717) is 12.6 Å². The van der Waals surface area contributed by atoms with Gasteiger partial charge in [0.15, 0.2) is 0 Å². The van der Waals surface area contributed by atoms with Crippen LogP contribution in [0.15, 0.2) is 60.7 Å². The van der Waals surface area contributed by atoms with Gasteiger partial charge < -0.3 is 14.8 Å². The van der Waals surface area contributed by atoms with E-state index < -0.39 is 5.79 Å². The van der Waals surface area contributed by atoms with Gasteiger partial charge in [-0.3, -0.25) is 0 Å². The molecule has 2 saturated heterocycles. The third-order valence-electron chi connectivity index (χ3n) is 4.87. The van der Waals surface area contributed by atoms with E-state index in [-0.39, 0.29) is 6.10 Å². The van der Waals surface area contributed by atoms with Crippen LogP contribution < -0.4 is 5.32 Å². The Kier molecular flexibility index (Phi) is 4.17. The number of nitrogens with one attached hydrogen (secondary N) is 1. The lowest BCUT2D eigenvalue weighted by Gasteiger charge is -2.32. The number of hydrogen-bond acceptors (Lipinski definition) is 3. The molecule has 2 atom stereocenters. The van der Waals surface area contributed by atoms with E-state index in [2.05, 4.69) is 29.6 Å². The monoisotopic (exact) mass is 309 g/mol. The van der Waals surface area contributed by atoms with Crippen molar-refractivity contribution in [1.82, 2.24) is 5.32 Å². The first-order valence-corrected chi connectivity index (χ1v) is 8.55. The Morgan fingerprint density at radius 3 is 2.09 bits per heavy atom. The van der Waals surface area contributed by atoms with Crippen molar-refractivity contribution in [1.29, 1.82) is 0 Å². The zero-order valence-electron chi connectivity index (χ0n) is 13.3. The molecule has 2 fully saturated rings. The van der Waals surface area contributed by atoms with Gasteiger partial charge in [0.25, 0.3) is 0 Å². The first kappa shape index (κ1) is 14.9. The van der Waals surface area contributed by atoms with E-state index >= 15 is 0 Å². The van der Waals surface area contributed by atoms with E-state index in [9.17, 15) is 0 Å². The molecule has 0 aliphatic carbocycles. The SMILES string of the molecule is c1ccc(C2(c3ccccc3)OC[C@H](C3CCCCN3)O2)cc1. The fraction of sp³-hybridized carbons (Fsp3) is 0.400. The van der Waals surface area contributed by atoms with Crippen LogP contribution in [-0.2, 0) is 15.3 Å². The van der Waals surface area contributed by atoms with Crippen molar-refractivity contribution < 1.29 is 9.47 Å². The van der Waals surface area contributed by atoms with Gasteiger partial charge in [-0.05, 0) is 19.4 Å². The molecule has 0 spiro atoms. The van der Waals surface area contributed by atoms with Crippen LogP contribution in [0.4, 0.5) is 0 Å². The highest BCUT2D eigenvalue weighted by atomic mass is 16.7. The molecule has 1 N–H and O–H groups in total. The van der Waals surface area contributed by atoms with Crippen LogP contribution >= 0.6 is 0 Å². The summed E-state index contributed by atoms with van der Waals surface area (Å²) in [6.07, 6.45) is 3.78. The third-order valence-corrected chi connectivity index (χ3v) is 4.87. The van der Waals surface area contributed by atoms with Crippen LogP contribution in [0.2, 0.25) is 0 Å². The molecule has 1 unspecified atom stereocenters. The molecule has 0 saturated carbocycles. The Morgan fingerprint density at radius 2 is 1.52 bits per heavy atom. The van der Waals surface area contributed by atoms with Gasteiger partial charge in [-0.1, -0.05) is 67.1 Å². The molecule has 0 aromatic heterocycles. The molecule has 2 aliphatic heterocycles. The molecule has 2 aromatic rings. The van der Waals surface area contributed by atoms with E-state index in [0.717, 1.165) is 24.1 Å². The van der Waals surface area contributed by atoms with Gasteiger partial charge in [-0.2, -0.15) is 0 Å². The highest BCUT2D eigenvalue weighted by Gasteiger charge is 2.47. The molecule has 0 amide bonds. The summed E-state index contributed by atoms with van der Waals surface area (Å²) >= 11 is 0. The van der Waals surface area contributed by atoms with Crippen LogP contribution in [0.5, 0.6) is 0 Å². The van der Waals surface area contributed by atoms with Crippen LogP contribution in [0.25, 0.3) is 0 Å². The summed E-state index contributed by atoms with van der Waals surface area (Å²) in [7, 11) is 0. The van der Waals surface area contributed by atoms with Crippen LogP contribution in [0, 0.1) is 0 Å². The fourth-order valence-electron chi connectivity index (χ4n) is 3.66. The first-order chi connectivity index (χ1) is 11.4. The molecule has 0 radical (unpaired) electrons. The van der Waals surface area contributed by atoms with Crippen molar-refractivity contribution in [2.45, 2.75) is 37.2 Å². The summed E-state index contributed by atoms with van der Waals surface area (Å²) < 4.78 is 12.9. The number of ether oxygens (including phenoxy) is 2. The molecule has 3 nitrogen and oxygen atoms in total. The Morgan fingerprint density at radius 1 is 0.870 bits per heavy atom. The van der Waals surface area contributed by atoms with Gasteiger partial charge in [0.05, 0.1) is 6.61 Å². The van der Waals surface area contributed by atoms with Gasteiger partial charge in [-0.25, -0.2) is 0 Å². The average molecular weight is 309 g/mol. The van der Waals surface area contributed by atoms with Crippen molar-refractivity contribution >= 4 is 0 Å². The molecule has 4 rings (SSSR count). The van der Waals surface area contributed by atoms with Crippen molar-refractivity contribution in [3.8, 4) is 0 Å². The lowest BCUT2D eigenvalue weighted by atomic mass is 9.97. The zero-order valence-corrected chi connectivity index (χ0v) is 13.3. The predicted molar refractivity (Wildman–Crippen MR) is 90.1 cm³/mol. The van der Waals surface area contributed by atoms with Crippen molar-refractivity contribution in [2.75, 3.05) is 13.2 Å². The minimum absolute atomic E-state index is 0.0933. The van der Waals surface area contributed by atoms with E-state index in [4.69, 9.17) is 9.47 Å². The van der Waals surface area contributed by atoms with Crippen molar-refractivity contribution in [3.63, 3.8) is 0 Å². The van der Waals surface area contributed by atoms with Gasteiger partial charge in [0, 0.05) is 17.2 Å². The van der Waals surface area contributed by atoms with Gasteiger partial charge in [-0.15, -0.1) is 0 Å². The van der Waals surface area contributed by atoms with Crippen molar-refractivity contribution in [2.24, 2.45) is 0 Å². The summed E-state index contributed by atoms with van der Waals surface area (Å²) in [6, 6.07) is 20.9. The molecule has 23 heavy (non-hydrogen) atoms. The third kappa shape index (κ3) is 2.80. The molecule has 2 aliphatic rings. The second-order valence-corrected chi connectivity index (χ2v) is 6.37. The Hall–Kier alpha value is -1.68. The van der Waals surface area contributed by atoms with E-state index in [1.165, 1.54) is 12.8 Å². The van der Waals surface area contributed by atoms with Gasteiger partial charge >= 0.3 is 0 Å². The topological polar surface area (TPSA) is 30.5 Å². The van der Waals surface area contributed by atoms with Crippen LogP contribution in [0.1, 0.15) is 30.4 Å². The van der Waals surface area contributed by atoms with Crippen LogP contribution in [-0.4, -0.2) is 25.3 Å². The zero-order chi connectivity index (χ0) is 15.5. The molecule has 120 valence electrons. The Labute approximate surface area is 137 Å². The summed E-state index contributed by atoms with van der Waals surface area (Å²) in [6.45, 7) is 1.70. The van der Waals surface area contributed by atoms with E-state index in [1.807, 2.05) is 36.4 Å². The molecule has 2 heterocycles. The van der Waals surface area contributed by atoms with Crippen molar-refractivity contribution in [3.05, 3.63) is 71.8 Å². The quantitative estimate of drug-likeness (QED) is 0.942. The maximum atomic E-state index is 6.58. The molecule has 2 aromatic carbocycles. The molecule has 3 heteroatoms. The lowest BCUT2D eigenvalue weighted by Crippen LogP contribution is -2.45. The van der Waals surface area contributed by atoms with Crippen LogP contribution in [0.3, 0.4) is 0 Å². The highest BCUT2D eigenvalue weighted by Crippen LogP contribution is 2.41. The largest absolute Gasteiger partial charge is 0.339 e. The Balaban J connectivity index is 1.68. The fourth-order valence-corrected chi connectivity index (χ4v) is 3.66. The minimum atomic E-state index is -0.785. The standard InChI is InChI=1S/C20H23NO2/c1-3-9-16(10-4-1)20(17-11-5-2-6-12-17)22-15-19(23-20)18-13-7-8-14-21-18/h1-6,9-12,18-19,21H,7-8,13-15H2/t18?,19-/m1/s1. The summed E-state index contributed by atoms with van der Waals surface area (Å²) in [5.41, 5.74) is 2.12. The maximum Gasteiger partial charge on any atom is 0.222 e. The number of benzene rings is 2. The second kappa shape index (κ2) is 6.44.